The molecule has 5 rings (SSSR count). The third-order valence-corrected chi connectivity index (χ3v) is 15.8. The molecule has 5 fully saturated rings. The highest BCUT2D eigenvalue weighted by Crippen LogP contribution is 2.70. The van der Waals surface area contributed by atoms with Crippen molar-refractivity contribution in [3.63, 3.8) is 0 Å². The first kappa shape index (κ1) is 75.7. The molecule has 4 bridgehead atoms. The number of fused-ring (bicyclic) bond motifs is 4. The van der Waals surface area contributed by atoms with Crippen LogP contribution in [0.5, 0.6) is 0 Å². The second-order valence-electron chi connectivity index (χ2n) is 20.9. The summed E-state index contributed by atoms with van der Waals surface area (Å²) in [6.45, 7) is 43.4. The zero-order valence-corrected chi connectivity index (χ0v) is 42.0. The summed E-state index contributed by atoms with van der Waals surface area (Å²) < 4.78 is 17.7. The number of hydrogen-bond donors (Lipinski definition) is 0. The van der Waals surface area contributed by atoms with Crippen molar-refractivity contribution in [3.05, 3.63) is 0 Å². The Bertz CT molecular complexity index is 1220. The van der Waals surface area contributed by atoms with Gasteiger partial charge in [0.15, 0.2) is 0 Å². The van der Waals surface area contributed by atoms with Crippen molar-refractivity contribution in [2.45, 2.75) is 309 Å². The Morgan fingerprint density at radius 1 is 0.492 bits per heavy atom. The quantitative estimate of drug-likeness (QED) is 0.130. The molecule has 63 heavy (non-hydrogen) atoms. The molecule has 6 unspecified atom stereocenters. The van der Waals surface area contributed by atoms with E-state index >= 15 is 0 Å². The highest BCUT2D eigenvalue weighted by atomic mass is 16.6. The van der Waals surface area contributed by atoms with E-state index in [2.05, 4.69) is 48.5 Å². The van der Waals surface area contributed by atoms with E-state index in [0.29, 0.717) is 11.8 Å². The first-order valence-corrected chi connectivity index (χ1v) is 24.0. The summed E-state index contributed by atoms with van der Waals surface area (Å²) in [6, 6.07) is 0. The number of ether oxygens (including phenoxy) is 3. The average Bonchev–Trinajstić information content (AvgIpc) is 3.81. The van der Waals surface area contributed by atoms with E-state index in [-0.39, 0.29) is 106 Å². The lowest BCUT2D eigenvalue weighted by atomic mass is 9.65. The molecular formula is C57H122O6. The van der Waals surface area contributed by atoms with Gasteiger partial charge in [-0.15, -0.1) is 0 Å². The third-order valence-electron chi connectivity index (χ3n) is 15.8. The van der Waals surface area contributed by atoms with Crippen LogP contribution < -0.4 is 0 Å². The van der Waals surface area contributed by atoms with Crippen LogP contribution in [0.25, 0.3) is 0 Å². The highest BCUT2D eigenvalue weighted by Gasteiger charge is 2.69. The van der Waals surface area contributed by atoms with Crippen LogP contribution >= 0.6 is 0 Å². The maximum atomic E-state index is 12.5. The van der Waals surface area contributed by atoms with Gasteiger partial charge in [0.25, 0.3) is 0 Å². The molecule has 5 aliphatic carbocycles. The van der Waals surface area contributed by atoms with E-state index in [1.807, 2.05) is 96.9 Å². The molecule has 0 heterocycles. The predicted molar refractivity (Wildman–Crippen MR) is 283 cm³/mol. The SMILES string of the molecule is C.C.C.C.C.C.CC.CC.CC.CCC(C)(C)C(=O)OC1(C)CC2CCC1(C)C2(C)C.CCC(C)(C)C(=O)OC1(C)CC2CCC1C2.CCC(C)(C)C(=O)OC1(C)CCCCCC1. The van der Waals surface area contributed by atoms with Crippen molar-refractivity contribution >= 4 is 17.9 Å². The lowest BCUT2D eigenvalue weighted by Crippen LogP contribution is -2.49. The Hall–Kier alpha value is -1.59. The van der Waals surface area contributed by atoms with Gasteiger partial charge in [-0.3, -0.25) is 14.4 Å². The minimum Gasteiger partial charge on any atom is -0.459 e. The standard InChI is InChI=1S/C17H30O2.C14H24O2.C14H26O2.3C2H6.6CH4/c1-8-14(2,3)13(18)19-17(7)11-12-9-10-16(17,6)15(12,4)5;1-5-13(2,3)12(15)16-14(4)9-10-6-7-11(14)8-10;1-5-13(2,3)12(15)16-14(4)10-8-6-7-9-11-14;3*1-2;;;;;;/h12H,8-11H2,1-7H3;10-11H,5-9H2,1-4H3;5-11H2,1-4H3;3*1-2H3;6*1H4. The van der Waals surface area contributed by atoms with Gasteiger partial charge >= 0.3 is 17.9 Å². The fourth-order valence-corrected chi connectivity index (χ4v) is 9.50. The van der Waals surface area contributed by atoms with E-state index < -0.39 is 0 Å². The molecule has 6 nitrogen and oxygen atoms in total. The molecule has 5 saturated carbocycles. The number of carbonyl (C=O) groups is 3. The molecule has 0 amide bonds. The van der Waals surface area contributed by atoms with E-state index in [4.69, 9.17) is 14.2 Å². The fraction of sp³-hybridized carbons (Fsp3) is 0.947. The Labute approximate surface area is 399 Å². The number of rotatable bonds is 9. The van der Waals surface area contributed by atoms with Gasteiger partial charge in [0.1, 0.15) is 16.8 Å². The molecule has 0 aliphatic heterocycles. The molecule has 0 radical (unpaired) electrons. The molecule has 0 N–H and O–H groups in total. The third kappa shape index (κ3) is 18.2. The van der Waals surface area contributed by atoms with Crippen molar-refractivity contribution in [1.29, 1.82) is 0 Å². The van der Waals surface area contributed by atoms with Crippen LogP contribution in [-0.4, -0.2) is 34.7 Å². The summed E-state index contributed by atoms with van der Waals surface area (Å²) in [4.78, 5) is 36.6. The summed E-state index contributed by atoms with van der Waals surface area (Å²) in [5.74, 6) is 2.06. The van der Waals surface area contributed by atoms with Gasteiger partial charge in [-0.2, -0.15) is 0 Å². The summed E-state index contributed by atoms with van der Waals surface area (Å²) in [5.41, 5.74) is -1.30. The smallest absolute Gasteiger partial charge is 0.312 e. The normalized spacial score (nSPS) is 27.5. The van der Waals surface area contributed by atoms with Gasteiger partial charge in [0.2, 0.25) is 0 Å². The second kappa shape index (κ2) is 30.6. The fourth-order valence-electron chi connectivity index (χ4n) is 9.50. The van der Waals surface area contributed by atoms with Crippen molar-refractivity contribution < 1.29 is 28.6 Å². The molecule has 0 spiro atoms. The summed E-state index contributed by atoms with van der Waals surface area (Å²) in [7, 11) is 0. The second-order valence-corrected chi connectivity index (χ2v) is 20.9. The van der Waals surface area contributed by atoms with Crippen molar-refractivity contribution in [1.82, 2.24) is 0 Å². The monoisotopic (exact) mass is 903 g/mol. The first-order valence-electron chi connectivity index (χ1n) is 24.0. The molecule has 6 atom stereocenters. The molecule has 0 aromatic rings. The van der Waals surface area contributed by atoms with Gasteiger partial charge in [-0.05, 0) is 175 Å². The topological polar surface area (TPSA) is 78.9 Å². The van der Waals surface area contributed by atoms with Gasteiger partial charge < -0.3 is 14.2 Å². The Morgan fingerprint density at radius 2 is 0.873 bits per heavy atom. The van der Waals surface area contributed by atoms with E-state index in [0.717, 1.165) is 50.9 Å². The van der Waals surface area contributed by atoms with E-state index in [1.165, 1.54) is 57.8 Å². The Morgan fingerprint density at radius 3 is 1.17 bits per heavy atom. The van der Waals surface area contributed by atoms with Crippen LogP contribution in [0.1, 0.15) is 293 Å². The van der Waals surface area contributed by atoms with Crippen LogP contribution in [0.2, 0.25) is 0 Å². The largest absolute Gasteiger partial charge is 0.459 e. The molecular weight excluding hydrogens is 781 g/mol. The van der Waals surface area contributed by atoms with E-state index in [1.54, 1.807) is 0 Å². The van der Waals surface area contributed by atoms with Crippen molar-refractivity contribution in [2.75, 3.05) is 0 Å². The van der Waals surface area contributed by atoms with Gasteiger partial charge in [-0.1, -0.05) is 140 Å². The average molecular weight is 904 g/mol. The molecule has 5 aliphatic rings. The maximum absolute atomic E-state index is 12.5. The Kier molecular flexibility index (Phi) is 36.8. The highest BCUT2D eigenvalue weighted by molar-refractivity contribution is 5.77. The van der Waals surface area contributed by atoms with Crippen molar-refractivity contribution in [2.24, 2.45) is 44.8 Å². The maximum Gasteiger partial charge on any atom is 0.312 e. The first-order chi connectivity index (χ1) is 26.3. The molecule has 0 aromatic carbocycles. The summed E-state index contributed by atoms with van der Waals surface area (Å²) in [6.07, 6.45) is 18.0. The number of carbonyl (C=O) groups excluding carboxylic acids is 3. The van der Waals surface area contributed by atoms with Crippen LogP contribution in [0, 0.1) is 44.8 Å². The number of hydrogen-bond acceptors (Lipinski definition) is 6. The minimum atomic E-state index is -0.370. The zero-order chi connectivity index (χ0) is 44.9. The number of esters is 3. The van der Waals surface area contributed by atoms with Gasteiger partial charge in [0.05, 0.1) is 16.2 Å². The van der Waals surface area contributed by atoms with Crippen LogP contribution in [0.3, 0.4) is 0 Å². The zero-order valence-electron chi connectivity index (χ0n) is 42.0. The molecule has 0 saturated heterocycles. The summed E-state index contributed by atoms with van der Waals surface area (Å²) >= 11 is 0. The van der Waals surface area contributed by atoms with Gasteiger partial charge in [-0.25, -0.2) is 0 Å². The molecule has 0 aromatic heterocycles. The molecule has 386 valence electrons. The van der Waals surface area contributed by atoms with Crippen LogP contribution in [0.4, 0.5) is 0 Å². The minimum absolute atomic E-state index is 0. The van der Waals surface area contributed by atoms with E-state index in [9.17, 15) is 14.4 Å². The lowest BCUT2D eigenvalue weighted by Gasteiger charge is -2.46. The van der Waals surface area contributed by atoms with Gasteiger partial charge in [0, 0.05) is 5.41 Å². The Balaban J connectivity index is -0.000000135. The predicted octanol–water partition coefficient (Wildman–Crippen LogP) is 19.1. The summed E-state index contributed by atoms with van der Waals surface area (Å²) in [5, 5.41) is 0. The van der Waals surface area contributed by atoms with Crippen molar-refractivity contribution in [3.8, 4) is 0 Å². The lowest BCUT2D eigenvalue weighted by molar-refractivity contribution is -0.185. The molecule has 6 heteroatoms. The van der Waals surface area contributed by atoms with Crippen LogP contribution in [0.15, 0.2) is 0 Å². The van der Waals surface area contributed by atoms with Crippen LogP contribution in [-0.2, 0) is 28.6 Å².